The molecule has 13 heavy (non-hydrogen) atoms. The van der Waals surface area contributed by atoms with E-state index in [2.05, 4.69) is 19.7 Å². The van der Waals surface area contributed by atoms with E-state index in [9.17, 15) is 0 Å². The molecule has 0 aromatic carbocycles. The van der Waals surface area contributed by atoms with Gasteiger partial charge in [0.2, 0.25) is 0 Å². The highest BCUT2D eigenvalue weighted by Crippen LogP contribution is 2.03. The molecule has 0 radical (unpaired) electrons. The van der Waals surface area contributed by atoms with Gasteiger partial charge in [-0.2, -0.15) is 0 Å². The summed E-state index contributed by atoms with van der Waals surface area (Å²) in [5.41, 5.74) is 17.2. The van der Waals surface area contributed by atoms with Gasteiger partial charge in [-0.3, -0.25) is 0 Å². The fourth-order valence-corrected chi connectivity index (χ4v) is 0.961. The largest absolute Gasteiger partial charge is 0.312 e. The first-order valence-corrected chi connectivity index (χ1v) is 4.00. The van der Waals surface area contributed by atoms with E-state index in [1.165, 1.54) is 0 Å². The van der Waals surface area contributed by atoms with Crippen molar-refractivity contribution in [2.75, 3.05) is 0 Å². The molecule has 0 aliphatic carbocycles. The number of hydrogen-bond donors (Lipinski definition) is 3. The second-order valence-corrected chi connectivity index (χ2v) is 2.63. The average Bonchev–Trinajstić information content (AvgIpc) is 2.16. The normalized spacial score (nSPS) is 17.5. The number of nitrogens with two attached hydrogens (primary N) is 3. The summed E-state index contributed by atoms with van der Waals surface area (Å²) in [7, 11) is 0. The molecule has 0 saturated carbocycles. The molecular weight excluding hydrogens is 164 g/mol. The third-order valence-electron chi connectivity index (χ3n) is 1.76. The number of nitrogens with zero attached hydrogens (tertiary/aromatic N) is 1. The molecule has 0 aromatic heterocycles. The van der Waals surface area contributed by atoms with Gasteiger partial charge < -0.3 is 17.2 Å². The van der Waals surface area contributed by atoms with Crippen molar-refractivity contribution >= 4 is 0 Å². The SMILES string of the molecule is C=CC(N)N(C(N)C=C)C(N)C=C. The lowest BCUT2D eigenvalue weighted by Gasteiger charge is -2.34. The summed E-state index contributed by atoms with van der Waals surface area (Å²) in [6.45, 7) is 10.7. The van der Waals surface area contributed by atoms with Gasteiger partial charge >= 0.3 is 0 Å². The second kappa shape index (κ2) is 5.66. The van der Waals surface area contributed by atoms with Crippen molar-refractivity contribution < 1.29 is 0 Å². The predicted molar refractivity (Wildman–Crippen MR) is 56.4 cm³/mol. The highest BCUT2D eigenvalue weighted by Gasteiger charge is 2.20. The number of rotatable bonds is 6. The average molecular weight is 182 g/mol. The van der Waals surface area contributed by atoms with Gasteiger partial charge in [-0.15, -0.1) is 19.7 Å². The second-order valence-electron chi connectivity index (χ2n) is 2.63. The predicted octanol–water partition coefficient (Wildman–Crippen LogP) is -0.299. The Morgan fingerprint density at radius 1 is 0.769 bits per heavy atom. The van der Waals surface area contributed by atoms with E-state index in [-0.39, 0.29) is 0 Å². The lowest BCUT2D eigenvalue weighted by Crippen LogP contribution is -2.57. The Bertz CT molecular complexity index is 157. The van der Waals surface area contributed by atoms with E-state index < -0.39 is 18.5 Å². The molecule has 0 heterocycles. The topological polar surface area (TPSA) is 81.3 Å². The Morgan fingerprint density at radius 3 is 1.15 bits per heavy atom. The van der Waals surface area contributed by atoms with Crippen LogP contribution in [-0.2, 0) is 0 Å². The summed E-state index contributed by atoms with van der Waals surface area (Å²) in [5, 5.41) is 0. The van der Waals surface area contributed by atoms with Crippen LogP contribution in [0.4, 0.5) is 0 Å². The molecule has 0 aromatic rings. The first kappa shape index (κ1) is 12.1. The van der Waals surface area contributed by atoms with Crippen molar-refractivity contribution in [1.29, 1.82) is 0 Å². The van der Waals surface area contributed by atoms with Gasteiger partial charge in [0.25, 0.3) is 0 Å². The molecule has 0 rings (SSSR count). The van der Waals surface area contributed by atoms with Gasteiger partial charge in [0.1, 0.15) is 0 Å². The molecule has 0 fully saturated rings. The van der Waals surface area contributed by atoms with Crippen LogP contribution < -0.4 is 17.2 Å². The molecule has 3 atom stereocenters. The summed E-state index contributed by atoms with van der Waals surface area (Å²) in [5.74, 6) is 0. The lowest BCUT2D eigenvalue weighted by molar-refractivity contribution is 0.160. The van der Waals surface area contributed by atoms with Gasteiger partial charge in [0.05, 0.1) is 18.5 Å². The standard InChI is InChI=1S/C9H18N4/c1-4-7(10)13(8(11)5-2)9(12)6-3/h4-9H,1-3,10-12H2. The summed E-state index contributed by atoms with van der Waals surface area (Å²) < 4.78 is 0. The van der Waals surface area contributed by atoms with Crippen LogP contribution in [0.15, 0.2) is 38.0 Å². The van der Waals surface area contributed by atoms with E-state index in [4.69, 9.17) is 17.2 Å². The molecule has 4 nitrogen and oxygen atoms in total. The lowest BCUT2D eigenvalue weighted by atomic mass is 10.3. The fraction of sp³-hybridized carbons (Fsp3) is 0.333. The van der Waals surface area contributed by atoms with Crippen molar-refractivity contribution in [3.63, 3.8) is 0 Å². The molecule has 3 unspecified atom stereocenters. The van der Waals surface area contributed by atoms with Gasteiger partial charge in [-0.05, 0) is 0 Å². The minimum atomic E-state index is -0.402. The van der Waals surface area contributed by atoms with Crippen molar-refractivity contribution in [3.8, 4) is 0 Å². The van der Waals surface area contributed by atoms with Gasteiger partial charge in [0.15, 0.2) is 0 Å². The summed E-state index contributed by atoms with van der Waals surface area (Å²) >= 11 is 0. The highest BCUT2D eigenvalue weighted by atomic mass is 15.3. The van der Waals surface area contributed by atoms with Crippen molar-refractivity contribution in [2.45, 2.75) is 18.5 Å². The van der Waals surface area contributed by atoms with Gasteiger partial charge in [-0.1, -0.05) is 18.2 Å². The minimum absolute atomic E-state index is 0.402. The fourth-order valence-electron chi connectivity index (χ4n) is 0.961. The maximum Gasteiger partial charge on any atom is 0.0793 e. The van der Waals surface area contributed by atoms with E-state index in [1.807, 2.05) is 0 Å². The number of hydrogen-bond acceptors (Lipinski definition) is 4. The molecule has 6 N–H and O–H groups in total. The summed E-state index contributed by atoms with van der Waals surface area (Å²) in [4.78, 5) is 1.65. The maximum absolute atomic E-state index is 5.72. The van der Waals surface area contributed by atoms with Crippen molar-refractivity contribution in [3.05, 3.63) is 38.0 Å². The van der Waals surface area contributed by atoms with E-state index in [1.54, 1.807) is 23.1 Å². The Labute approximate surface area is 79.4 Å². The van der Waals surface area contributed by atoms with Gasteiger partial charge in [0, 0.05) is 0 Å². The van der Waals surface area contributed by atoms with E-state index in [0.29, 0.717) is 0 Å². The van der Waals surface area contributed by atoms with Crippen molar-refractivity contribution in [2.24, 2.45) is 17.2 Å². The summed E-state index contributed by atoms with van der Waals surface area (Å²) in [6.07, 6.45) is 3.48. The van der Waals surface area contributed by atoms with E-state index in [0.717, 1.165) is 0 Å². The quantitative estimate of drug-likeness (QED) is 0.389. The monoisotopic (exact) mass is 182 g/mol. The zero-order valence-corrected chi connectivity index (χ0v) is 7.76. The molecule has 0 amide bonds. The third kappa shape index (κ3) is 3.12. The van der Waals surface area contributed by atoms with Crippen LogP contribution in [0.2, 0.25) is 0 Å². The Balaban J connectivity index is 4.61. The maximum atomic E-state index is 5.72. The Morgan fingerprint density at radius 2 is 1.00 bits per heavy atom. The summed E-state index contributed by atoms with van der Waals surface area (Å²) in [6, 6.07) is 0. The third-order valence-corrected chi connectivity index (χ3v) is 1.76. The molecule has 0 bridgehead atoms. The molecule has 0 saturated heterocycles. The van der Waals surface area contributed by atoms with Crippen molar-refractivity contribution in [1.82, 2.24) is 4.90 Å². The molecule has 0 aliphatic heterocycles. The van der Waals surface area contributed by atoms with Crippen LogP contribution in [0.5, 0.6) is 0 Å². The first-order valence-electron chi connectivity index (χ1n) is 4.00. The van der Waals surface area contributed by atoms with Crippen LogP contribution in [0.25, 0.3) is 0 Å². The molecular formula is C9H18N4. The Hall–Kier alpha value is -0.940. The smallest absolute Gasteiger partial charge is 0.0793 e. The van der Waals surface area contributed by atoms with Gasteiger partial charge in [-0.25, -0.2) is 4.90 Å². The van der Waals surface area contributed by atoms with Crippen LogP contribution in [0.3, 0.4) is 0 Å². The van der Waals surface area contributed by atoms with Crippen LogP contribution in [0, 0.1) is 0 Å². The van der Waals surface area contributed by atoms with E-state index >= 15 is 0 Å². The Kier molecular flexibility index (Phi) is 5.25. The van der Waals surface area contributed by atoms with Crippen LogP contribution >= 0.6 is 0 Å². The zero-order valence-electron chi connectivity index (χ0n) is 7.76. The van der Waals surface area contributed by atoms with Crippen LogP contribution in [0.1, 0.15) is 0 Å². The minimum Gasteiger partial charge on any atom is -0.312 e. The first-order chi connectivity index (χ1) is 6.08. The molecule has 0 spiro atoms. The van der Waals surface area contributed by atoms with Crippen LogP contribution in [-0.4, -0.2) is 23.4 Å². The highest BCUT2D eigenvalue weighted by molar-refractivity contribution is 4.97. The molecule has 74 valence electrons. The zero-order chi connectivity index (χ0) is 10.4. The molecule has 4 heteroatoms. The molecule has 0 aliphatic rings.